The fraction of sp³-hybridized carbons (Fsp3) is 0.259. The van der Waals surface area contributed by atoms with Crippen LogP contribution in [0.25, 0.3) is 0 Å². The number of anilines is 1. The smallest absolute Gasteiger partial charge is 0.264 e. The van der Waals surface area contributed by atoms with Gasteiger partial charge in [-0.1, -0.05) is 41.9 Å². The highest BCUT2D eigenvalue weighted by Crippen LogP contribution is 2.26. The van der Waals surface area contributed by atoms with Crippen LogP contribution in [0.3, 0.4) is 0 Å². The molecule has 3 aromatic rings. The van der Waals surface area contributed by atoms with E-state index in [2.05, 4.69) is 5.32 Å². The summed E-state index contributed by atoms with van der Waals surface area (Å²) in [6.07, 6.45) is 0. The number of benzene rings is 3. The van der Waals surface area contributed by atoms with Gasteiger partial charge in [-0.2, -0.15) is 0 Å². The standard InChI is InChI=1S/C27H30ClN3O5S/c1-4-29-27(33)20(2)30(18-21-10-12-22(28)13-11-21)26(32)19-31(23-14-16-24(36-3)17-15-23)37(34,35)25-8-6-5-7-9-25/h5-17,20H,4,18-19H2,1-3H3,(H,29,33)/t20-/m0/s1. The predicted molar refractivity (Wildman–Crippen MR) is 144 cm³/mol. The molecule has 0 unspecified atom stereocenters. The topological polar surface area (TPSA) is 96.0 Å². The summed E-state index contributed by atoms with van der Waals surface area (Å²) in [5.74, 6) is -0.336. The molecule has 10 heteroatoms. The van der Waals surface area contributed by atoms with Gasteiger partial charge in [0.15, 0.2) is 0 Å². The highest BCUT2D eigenvalue weighted by Gasteiger charge is 2.32. The zero-order chi connectivity index (χ0) is 27.0. The number of nitrogens with zero attached hydrogens (tertiary/aromatic N) is 2. The Morgan fingerprint density at radius 3 is 2.16 bits per heavy atom. The van der Waals surface area contributed by atoms with Crippen LogP contribution in [0.5, 0.6) is 5.75 Å². The number of sulfonamides is 1. The molecule has 196 valence electrons. The van der Waals surface area contributed by atoms with Crippen LogP contribution in [-0.4, -0.2) is 51.4 Å². The minimum absolute atomic E-state index is 0.0413. The predicted octanol–water partition coefficient (Wildman–Crippen LogP) is 4.10. The van der Waals surface area contributed by atoms with Gasteiger partial charge in [0.05, 0.1) is 17.7 Å². The largest absolute Gasteiger partial charge is 0.497 e. The third-order valence-electron chi connectivity index (χ3n) is 5.75. The summed E-state index contributed by atoms with van der Waals surface area (Å²) >= 11 is 6.00. The van der Waals surface area contributed by atoms with E-state index in [-0.39, 0.29) is 23.0 Å². The van der Waals surface area contributed by atoms with E-state index in [1.807, 2.05) is 0 Å². The fourth-order valence-electron chi connectivity index (χ4n) is 3.69. The van der Waals surface area contributed by atoms with Crippen molar-refractivity contribution in [2.45, 2.75) is 31.3 Å². The Hall–Kier alpha value is -3.56. The third kappa shape index (κ3) is 7.02. The van der Waals surface area contributed by atoms with Gasteiger partial charge in [0.1, 0.15) is 18.3 Å². The van der Waals surface area contributed by atoms with Gasteiger partial charge in [-0.3, -0.25) is 13.9 Å². The zero-order valence-corrected chi connectivity index (χ0v) is 22.5. The third-order valence-corrected chi connectivity index (χ3v) is 7.80. The van der Waals surface area contributed by atoms with E-state index < -0.39 is 28.5 Å². The quantitative estimate of drug-likeness (QED) is 0.393. The number of carbonyl (C=O) groups excluding carboxylic acids is 2. The lowest BCUT2D eigenvalue weighted by Gasteiger charge is -2.32. The number of likely N-dealkylation sites (N-methyl/N-ethyl adjacent to an activating group) is 1. The van der Waals surface area contributed by atoms with Crippen LogP contribution in [0.2, 0.25) is 5.02 Å². The SMILES string of the molecule is CCNC(=O)[C@H](C)N(Cc1ccc(Cl)cc1)C(=O)CN(c1ccc(OC)cc1)S(=O)(=O)c1ccccc1. The van der Waals surface area contributed by atoms with E-state index in [1.165, 1.54) is 24.1 Å². The van der Waals surface area contributed by atoms with Gasteiger partial charge in [0.2, 0.25) is 11.8 Å². The van der Waals surface area contributed by atoms with Gasteiger partial charge in [-0.25, -0.2) is 8.42 Å². The van der Waals surface area contributed by atoms with Gasteiger partial charge in [-0.05, 0) is 67.9 Å². The van der Waals surface area contributed by atoms with Crippen molar-refractivity contribution in [2.24, 2.45) is 0 Å². The summed E-state index contributed by atoms with van der Waals surface area (Å²) in [7, 11) is -2.60. The fourth-order valence-corrected chi connectivity index (χ4v) is 5.25. The normalized spacial score (nSPS) is 11.9. The monoisotopic (exact) mass is 543 g/mol. The second-order valence-corrected chi connectivity index (χ2v) is 10.5. The van der Waals surface area contributed by atoms with E-state index in [0.717, 1.165) is 9.87 Å². The van der Waals surface area contributed by atoms with Crippen molar-refractivity contribution in [3.63, 3.8) is 0 Å². The molecular formula is C27H30ClN3O5S. The number of ether oxygens (including phenoxy) is 1. The molecule has 0 bridgehead atoms. The molecule has 0 saturated carbocycles. The van der Waals surface area contributed by atoms with Gasteiger partial charge in [-0.15, -0.1) is 0 Å². The molecule has 8 nitrogen and oxygen atoms in total. The molecule has 0 aliphatic heterocycles. The van der Waals surface area contributed by atoms with Gasteiger partial charge < -0.3 is 15.0 Å². The Morgan fingerprint density at radius 1 is 0.973 bits per heavy atom. The molecule has 3 aromatic carbocycles. The molecule has 0 saturated heterocycles. The van der Waals surface area contributed by atoms with Crippen LogP contribution in [0, 0.1) is 0 Å². The van der Waals surface area contributed by atoms with E-state index >= 15 is 0 Å². The number of hydrogen-bond acceptors (Lipinski definition) is 5. The summed E-state index contributed by atoms with van der Waals surface area (Å²) in [5.41, 5.74) is 1.03. The zero-order valence-electron chi connectivity index (χ0n) is 20.9. The Balaban J connectivity index is 2.01. The first-order chi connectivity index (χ1) is 17.7. The number of nitrogens with one attached hydrogen (secondary N) is 1. The van der Waals surface area contributed by atoms with Gasteiger partial charge in [0.25, 0.3) is 10.0 Å². The molecule has 3 rings (SSSR count). The van der Waals surface area contributed by atoms with Crippen molar-refractivity contribution < 1.29 is 22.7 Å². The summed E-state index contributed by atoms with van der Waals surface area (Å²) in [6, 6.07) is 20.3. The van der Waals surface area contributed by atoms with Crippen molar-refractivity contribution in [3.8, 4) is 5.75 Å². The molecule has 0 aliphatic carbocycles. The highest BCUT2D eigenvalue weighted by atomic mass is 35.5. The molecule has 2 amide bonds. The second kappa shape index (κ2) is 12.6. The average Bonchev–Trinajstić information content (AvgIpc) is 2.91. The number of carbonyl (C=O) groups is 2. The van der Waals surface area contributed by atoms with E-state index in [1.54, 1.807) is 80.6 Å². The van der Waals surface area contributed by atoms with Crippen molar-refractivity contribution in [1.82, 2.24) is 10.2 Å². The maximum atomic E-state index is 13.7. The molecule has 0 heterocycles. The molecule has 0 radical (unpaired) electrons. The molecule has 0 spiro atoms. The maximum absolute atomic E-state index is 13.7. The first kappa shape index (κ1) is 28.0. The lowest BCUT2D eigenvalue weighted by molar-refractivity contribution is -0.139. The number of hydrogen-bond donors (Lipinski definition) is 1. The van der Waals surface area contributed by atoms with Crippen LogP contribution >= 0.6 is 11.6 Å². The number of rotatable bonds is 11. The molecular weight excluding hydrogens is 514 g/mol. The minimum Gasteiger partial charge on any atom is -0.497 e. The van der Waals surface area contributed by atoms with Crippen molar-refractivity contribution >= 4 is 39.1 Å². The molecule has 0 fully saturated rings. The Morgan fingerprint density at radius 2 is 1.59 bits per heavy atom. The van der Waals surface area contributed by atoms with Crippen LogP contribution < -0.4 is 14.4 Å². The van der Waals surface area contributed by atoms with Crippen LogP contribution in [0.15, 0.2) is 83.8 Å². The molecule has 1 N–H and O–H groups in total. The average molecular weight is 544 g/mol. The number of methoxy groups -OCH3 is 1. The lowest BCUT2D eigenvalue weighted by Crippen LogP contribution is -2.51. The second-order valence-electron chi connectivity index (χ2n) is 8.24. The van der Waals surface area contributed by atoms with Crippen LogP contribution in [0.1, 0.15) is 19.4 Å². The Bertz CT molecular complexity index is 1300. The maximum Gasteiger partial charge on any atom is 0.264 e. The lowest BCUT2D eigenvalue weighted by atomic mass is 10.1. The van der Waals surface area contributed by atoms with Crippen molar-refractivity contribution in [1.29, 1.82) is 0 Å². The highest BCUT2D eigenvalue weighted by molar-refractivity contribution is 7.92. The number of halogens is 1. The van der Waals surface area contributed by atoms with E-state index in [4.69, 9.17) is 16.3 Å². The van der Waals surface area contributed by atoms with E-state index in [0.29, 0.717) is 17.3 Å². The summed E-state index contributed by atoms with van der Waals surface area (Å²) in [4.78, 5) is 27.9. The number of amides is 2. The summed E-state index contributed by atoms with van der Waals surface area (Å²) in [6.45, 7) is 3.37. The van der Waals surface area contributed by atoms with Crippen LogP contribution in [0.4, 0.5) is 5.69 Å². The van der Waals surface area contributed by atoms with E-state index in [9.17, 15) is 18.0 Å². The van der Waals surface area contributed by atoms with Crippen LogP contribution in [-0.2, 0) is 26.2 Å². The minimum atomic E-state index is -4.11. The van der Waals surface area contributed by atoms with Gasteiger partial charge >= 0.3 is 0 Å². The first-order valence-corrected chi connectivity index (χ1v) is 13.5. The molecule has 1 atom stereocenters. The summed E-state index contributed by atoms with van der Waals surface area (Å²) in [5, 5.41) is 3.27. The summed E-state index contributed by atoms with van der Waals surface area (Å²) < 4.78 is 33.6. The molecule has 0 aliphatic rings. The van der Waals surface area contributed by atoms with Crippen molar-refractivity contribution in [2.75, 3.05) is 24.5 Å². The van der Waals surface area contributed by atoms with Gasteiger partial charge in [0, 0.05) is 18.1 Å². The van der Waals surface area contributed by atoms with Crippen molar-refractivity contribution in [3.05, 3.63) is 89.4 Å². The molecule has 37 heavy (non-hydrogen) atoms. The Labute approximate surface area is 222 Å². The molecule has 0 aromatic heterocycles. The first-order valence-electron chi connectivity index (χ1n) is 11.7. The Kier molecular flexibility index (Phi) is 9.54.